The van der Waals surface area contributed by atoms with Gasteiger partial charge < -0.3 is 19.9 Å². The van der Waals surface area contributed by atoms with Crippen LogP contribution in [0.5, 0.6) is 0 Å². The summed E-state index contributed by atoms with van der Waals surface area (Å²) in [4.78, 5) is 40.8. The van der Waals surface area contributed by atoms with E-state index in [1.54, 1.807) is 16.7 Å². The maximum Gasteiger partial charge on any atom is 0.325 e. The molecule has 164 valence electrons. The van der Waals surface area contributed by atoms with Crippen molar-refractivity contribution in [3.8, 4) is 0 Å². The summed E-state index contributed by atoms with van der Waals surface area (Å²) in [6.07, 6.45) is 3.47. The zero-order valence-corrected chi connectivity index (χ0v) is 20.2. The van der Waals surface area contributed by atoms with E-state index in [4.69, 9.17) is 12.2 Å². The Morgan fingerprint density at radius 1 is 1.17 bits per heavy atom. The van der Waals surface area contributed by atoms with E-state index in [2.05, 4.69) is 15.0 Å². The predicted octanol–water partition coefficient (Wildman–Crippen LogP) is 2.24. The summed E-state index contributed by atoms with van der Waals surface area (Å²) in [5, 5.41) is 2.61. The Morgan fingerprint density at radius 2 is 1.79 bits per heavy atom. The molecule has 0 aromatic carbocycles. The van der Waals surface area contributed by atoms with Crippen LogP contribution in [0.1, 0.15) is 47.0 Å². The number of carbonyl (C=O) groups excluding carboxylic acids is 3. The topological polar surface area (TPSA) is 79.0 Å². The van der Waals surface area contributed by atoms with Gasteiger partial charge in [-0.3, -0.25) is 14.4 Å². The van der Waals surface area contributed by atoms with Crippen molar-refractivity contribution in [1.82, 2.24) is 15.1 Å². The number of nitrogens with one attached hydrogen (secondary N) is 1. The lowest BCUT2D eigenvalue weighted by Crippen LogP contribution is -2.57. The Bertz CT molecular complexity index is 663. The number of hydrogen-bond donors (Lipinski definition) is 1. The number of hydrogen-bond acceptors (Lipinski definition) is 7. The molecule has 1 unspecified atom stereocenters. The van der Waals surface area contributed by atoms with Crippen molar-refractivity contribution >= 4 is 57.8 Å². The van der Waals surface area contributed by atoms with Gasteiger partial charge in [0.25, 0.3) is 0 Å². The van der Waals surface area contributed by atoms with Crippen LogP contribution in [-0.4, -0.2) is 80.1 Å². The molecule has 0 radical (unpaired) electrons. The fourth-order valence-corrected chi connectivity index (χ4v) is 6.96. The Morgan fingerprint density at radius 3 is 2.38 bits per heavy atom. The van der Waals surface area contributed by atoms with E-state index in [-0.39, 0.29) is 24.1 Å². The number of carbonyl (C=O) groups is 3. The number of likely N-dealkylation sites (tertiary alicyclic amines) is 1. The fourth-order valence-electron chi connectivity index (χ4n) is 3.94. The third kappa shape index (κ3) is 6.01. The van der Waals surface area contributed by atoms with Gasteiger partial charge in [0, 0.05) is 17.8 Å². The van der Waals surface area contributed by atoms with Crippen molar-refractivity contribution in [1.29, 1.82) is 0 Å². The maximum absolute atomic E-state index is 13.2. The Balaban J connectivity index is 2.08. The van der Waals surface area contributed by atoms with Gasteiger partial charge in [-0.05, 0) is 47.0 Å². The SMILES string of the molecule is COC(=O)CNC(=O)C1N(C(=O)CSC(=S)N2CCCCC2)C(C)(C)SC1(C)C. The number of rotatable bonds is 5. The molecule has 1 atom stereocenters. The first-order valence-electron chi connectivity index (χ1n) is 9.78. The number of ether oxygens (including phenoxy) is 1. The summed E-state index contributed by atoms with van der Waals surface area (Å²) in [7, 11) is 1.27. The van der Waals surface area contributed by atoms with Crippen molar-refractivity contribution in [3.05, 3.63) is 0 Å². The second-order valence-corrected chi connectivity index (χ2v) is 12.1. The normalized spacial score (nSPS) is 22.9. The van der Waals surface area contributed by atoms with Gasteiger partial charge in [-0.15, -0.1) is 11.8 Å². The standard InChI is InChI=1S/C19H31N3O4S3/c1-18(2)15(16(25)20-11-14(24)26-5)22(19(3,4)29-18)13(23)12-28-17(27)21-9-7-6-8-10-21/h15H,6-12H2,1-5H3,(H,20,25). The molecule has 0 aromatic rings. The maximum atomic E-state index is 13.2. The molecule has 0 aliphatic carbocycles. The van der Waals surface area contributed by atoms with Crippen LogP contribution in [0, 0.1) is 0 Å². The Hall–Kier alpha value is -1.00. The Kier molecular flexibility index (Phi) is 8.26. The average Bonchev–Trinajstić information content (AvgIpc) is 2.87. The molecule has 0 spiro atoms. The minimum Gasteiger partial charge on any atom is -0.468 e. The van der Waals surface area contributed by atoms with Crippen LogP contribution in [0.4, 0.5) is 0 Å². The Labute approximate surface area is 187 Å². The van der Waals surface area contributed by atoms with E-state index in [1.165, 1.54) is 25.3 Å². The lowest BCUT2D eigenvalue weighted by Gasteiger charge is -2.35. The quantitative estimate of drug-likeness (QED) is 0.493. The lowest BCUT2D eigenvalue weighted by molar-refractivity contribution is -0.144. The van der Waals surface area contributed by atoms with E-state index in [9.17, 15) is 14.4 Å². The first-order chi connectivity index (χ1) is 13.5. The molecule has 2 saturated heterocycles. The zero-order chi connectivity index (χ0) is 21.8. The summed E-state index contributed by atoms with van der Waals surface area (Å²) in [6, 6.07) is -0.691. The number of amides is 2. The van der Waals surface area contributed by atoms with Crippen molar-refractivity contribution in [2.45, 2.75) is 62.6 Å². The third-order valence-corrected chi connectivity index (χ3v) is 8.05. The van der Waals surface area contributed by atoms with Crippen molar-refractivity contribution in [3.63, 3.8) is 0 Å². The molecule has 10 heteroatoms. The highest BCUT2D eigenvalue weighted by atomic mass is 32.2. The number of esters is 1. The van der Waals surface area contributed by atoms with Crippen LogP contribution in [0.15, 0.2) is 0 Å². The molecule has 2 heterocycles. The highest BCUT2D eigenvalue weighted by Gasteiger charge is 2.56. The van der Waals surface area contributed by atoms with Crippen molar-refractivity contribution < 1.29 is 19.1 Å². The van der Waals surface area contributed by atoms with Crippen LogP contribution in [0.25, 0.3) is 0 Å². The summed E-state index contributed by atoms with van der Waals surface area (Å²) in [5.41, 5.74) is 0. The monoisotopic (exact) mass is 461 g/mol. The highest BCUT2D eigenvalue weighted by Crippen LogP contribution is 2.51. The molecule has 7 nitrogen and oxygen atoms in total. The number of nitrogens with zero attached hydrogens (tertiary/aromatic N) is 2. The molecule has 2 aliphatic heterocycles. The molecule has 2 amide bonds. The van der Waals surface area contributed by atoms with Gasteiger partial charge in [-0.1, -0.05) is 24.0 Å². The summed E-state index contributed by atoms with van der Waals surface area (Å²) >= 11 is 8.46. The molecule has 29 heavy (non-hydrogen) atoms. The smallest absolute Gasteiger partial charge is 0.325 e. The molecule has 0 saturated carbocycles. The van der Waals surface area contributed by atoms with E-state index in [0.29, 0.717) is 0 Å². The zero-order valence-electron chi connectivity index (χ0n) is 17.8. The van der Waals surface area contributed by atoms with Gasteiger partial charge in [-0.2, -0.15) is 0 Å². The second kappa shape index (κ2) is 9.87. The first-order valence-corrected chi connectivity index (χ1v) is 12.0. The van der Waals surface area contributed by atoms with E-state index < -0.39 is 21.6 Å². The fraction of sp³-hybridized carbons (Fsp3) is 0.789. The third-order valence-electron chi connectivity index (χ3n) is 5.09. The lowest BCUT2D eigenvalue weighted by atomic mass is 9.99. The minimum atomic E-state index is -0.691. The highest BCUT2D eigenvalue weighted by molar-refractivity contribution is 8.23. The first kappa shape index (κ1) is 24.3. The number of methoxy groups -OCH3 is 1. The van der Waals surface area contributed by atoms with Crippen LogP contribution < -0.4 is 5.32 Å². The number of thioether (sulfide) groups is 2. The van der Waals surface area contributed by atoms with E-state index in [1.807, 2.05) is 27.7 Å². The predicted molar refractivity (Wildman–Crippen MR) is 122 cm³/mol. The summed E-state index contributed by atoms with van der Waals surface area (Å²) in [5.74, 6) is -0.816. The summed E-state index contributed by atoms with van der Waals surface area (Å²) in [6.45, 7) is 9.44. The minimum absolute atomic E-state index is 0.129. The van der Waals surface area contributed by atoms with Crippen LogP contribution in [-0.2, 0) is 19.1 Å². The van der Waals surface area contributed by atoms with E-state index >= 15 is 0 Å². The van der Waals surface area contributed by atoms with Crippen molar-refractivity contribution in [2.24, 2.45) is 0 Å². The van der Waals surface area contributed by atoms with Crippen LogP contribution >= 0.6 is 35.7 Å². The summed E-state index contributed by atoms with van der Waals surface area (Å²) < 4.78 is 4.83. The van der Waals surface area contributed by atoms with Gasteiger partial charge in [0.2, 0.25) is 11.8 Å². The number of piperidine rings is 1. The van der Waals surface area contributed by atoms with Crippen LogP contribution in [0.2, 0.25) is 0 Å². The molecular weight excluding hydrogens is 430 g/mol. The molecular formula is C19H31N3O4S3. The van der Waals surface area contributed by atoms with Crippen molar-refractivity contribution in [2.75, 3.05) is 32.5 Å². The average molecular weight is 462 g/mol. The van der Waals surface area contributed by atoms with Gasteiger partial charge in [-0.25, -0.2) is 0 Å². The van der Waals surface area contributed by atoms with E-state index in [0.717, 1.165) is 30.3 Å². The largest absolute Gasteiger partial charge is 0.468 e. The molecule has 2 fully saturated rings. The molecule has 0 bridgehead atoms. The van der Waals surface area contributed by atoms with Gasteiger partial charge >= 0.3 is 5.97 Å². The molecule has 0 aromatic heterocycles. The number of thiocarbonyl (C=S) groups is 1. The van der Waals surface area contributed by atoms with Gasteiger partial charge in [0.15, 0.2) is 0 Å². The van der Waals surface area contributed by atoms with Gasteiger partial charge in [0.1, 0.15) is 16.9 Å². The second-order valence-electron chi connectivity index (χ2n) is 8.21. The van der Waals surface area contributed by atoms with Crippen LogP contribution in [0.3, 0.4) is 0 Å². The molecule has 2 rings (SSSR count). The molecule has 1 N–H and O–H groups in total. The molecule has 2 aliphatic rings. The van der Waals surface area contributed by atoms with Gasteiger partial charge in [0.05, 0.1) is 17.7 Å².